The SMILES string of the molecule is COC(=O)[C@H](NC(=O)OC(C)(C)C)c1ccc(OC)c(-c2c(CN=[N+]=[N-])cc(OC)cc2OC)c1. The van der Waals surface area contributed by atoms with Crippen LogP contribution in [0.25, 0.3) is 21.6 Å². The lowest BCUT2D eigenvalue weighted by molar-refractivity contribution is -0.143. The zero-order chi connectivity index (χ0) is 26.2. The van der Waals surface area contributed by atoms with Gasteiger partial charge in [0.05, 0.1) is 35.0 Å². The van der Waals surface area contributed by atoms with Crippen LogP contribution in [0.5, 0.6) is 17.2 Å². The molecule has 0 aliphatic heterocycles. The van der Waals surface area contributed by atoms with E-state index in [9.17, 15) is 9.59 Å². The van der Waals surface area contributed by atoms with E-state index < -0.39 is 23.7 Å². The van der Waals surface area contributed by atoms with Crippen LogP contribution in [0.2, 0.25) is 0 Å². The number of amides is 1. The molecule has 11 heteroatoms. The molecule has 1 atom stereocenters. The highest BCUT2D eigenvalue weighted by molar-refractivity contribution is 5.85. The molecule has 2 aromatic rings. The normalized spacial score (nSPS) is 11.5. The van der Waals surface area contributed by atoms with E-state index >= 15 is 0 Å². The zero-order valence-electron chi connectivity index (χ0n) is 20.9. The second-order valence-electron chi connectivity index (χ2n) is 8.31. The summed E-state index contributed by atoms with van der Waals surface area (Å²) in [5.74, 6) is 0.698. The summed E-state index contributed by atoms with van der Waals surface area (Å²) in [6.45, 7) is 5.15. The van der Waals surface area contributed by atoms with Crippen molar-refractivity contribution in [3.63, 3.8) is 0 Å². The molecule has 0 aliphatic rings. The second kappa shape index (κ2) is 11.8. The third-order valence-electron chi connectivity index (χ3n) is 4.84. The molecular weight excluding hydrogens is 456 g/mol. The third kappa shape index (κ3) is 6.94. The molecule has 0 aliphatic carbocycles. The van der Waals surface area contributed by atoms with Crippen LogP contribution >= 0.6 is 0 Å². The van der Waals surface area contributed by atoms with Gasteiger partial charge < -0.3 is 29.0 Å². The number of carbonyl (C=O) groups is 2. The number of methoxy groups -OCH3 is 4. The maximum Gasteiger partial charge on any atom is 0.408 e. The van der Waals surface area contributed by atoms with Gasteiger partial charge in [-0.15, -0.1) is 0 Å². The van der Waals surface area contributed by atoms with Gasteiger partial charge in [0, 0.05) is 22.1 Å². The molecule has 1 amide bonds. The Morgan fingerprint density at radius 1 is 1.03 bits per heavy atom. The number of alkyl carbamates (subject to hydrolysis) is 1. The molecule has 2 aromatic carbocycles. The Morgan fingerprint density at radius 2 is 1.71 bits per heavy atom. The molecule has 0 heterocycles. The van der Waals surface area contributed by atoms with Crippen LogP contribution in [-0.4, -0.2) is 46.1 Å². The van der Waals surface area contributed by atoms with Crippen molar-refractivity contribution in [2.24, 2.45) is 5.11 Å². The van der Waals surface area contributed by atoms with Crippen molar-refractivity contribution < 1.29 is 33.3 Å². The Labute approximate surface area is 203 Å². The smallest absolute Gasteiger partial charge is 0.408 e. The molecular formula is C24H30N4O7. The van der Waals surface area contributed by atoms with Gasteiger partial charge in [-0.25, -0.2) is 9.59 Å². The number of azide groups is 1. The summed E-state index contributed by atoms with van der Waals surface area (Å²) in [6, 6.07) is 7.18. The van der Waals surface area contributed by atoms with E-state index in [1.807, 2.05) is 0 Å². The van der Waals surface area contributed by atoms with Gasteiger partial charge in [0.25, 0.3) is 0 Å². The van der Waals surface area contributed by atoms with Crippen molar-refractivity contribution in [3.05, 3.63) is 51.9 Å². The summed E-state index contributed by atoms with van der Waals surface area (Å²) in [5, 5.41) is 6.25. The first-order valence-electron chi connectivity index (χ1n) is 10.6. The maximum absolute atomic E-state index is 12.6. The van der Waals surface area contributed by atoms with Gasteiger partial charge in [0.15, 0.2) is 6.04 Å². The van der Waals surface area contributed by atoms with Crippen LogP contribution in [0.4, 0.5) is 4.79 Å². The van der Waals surface area contributed by atoms with Crippen molar-refractivity contribution >= 4 is 12.1 Å². The minimum atomic E-state index is -1.16. The fourth-order valence-corrected chi connectivity index (χ4v) is 3.38. The molecule has 0 unspecified atom stereocenters. The topological polar surface area (TPSA) is 141 Å². The van der Waals surface area contributed by atoms with E-state index in [4.69, 9.17) is 29.2 Å². The van der Waals surface area contributed by atoms with Crippen LogP contribution in [-0.2, 0) is 20.8 Å². The summed E-state index contributed by atoms with van der Waals surface area (Å²) >= 11 is 0. The van der Waals surface area contributed by atoms with Gasteiger partial charge in [0.2, 0.25) is 0 Å². The molecule has 2 rings (SSSR count). The quantitative estimate of drug-likeness (QED) is 0.229. The van der Waals surface area contributed by atoms with E-state index in [0.29, 0.717) is 39.5 Å². The highest BCUT2D eigenvalue weighted by atomic mass is 16.6. The van der Waals surface area contributed by atoms with Gasteiger partial charge >= 0.3 is 12.1 Å². The lowest BCUT2D eigenvalue weighted by Gasteiger charge is -2.24. The van der Waals surface area contributed by atoms with E-state index in [1.54, 1.807) is 51.1 Å². The summed E-state index contributed by atoms with van der Waals surface area (Å²) in [4.78, 5) is 27.9. The maximum atomic E-state index is 12.6. The Morgan fingerprint density at radius 3 is 2.26 bits per heavy atom. The molecule has 0 saturated heterocycles. The molecule has 1 N–H and O–H groups in total. The number of esters is 1. The molecule has 0 saturated carbocycles. The highest BCUT2D eigenvalue weighted by Gasteiger charge is 2.28. The first-order valence-corrected chi connectivity index (χ1v) is 10.6. The molecule has 0 radical (unpaired) electrons. The fourth-order valence-electron chi connectivity index (χ4n) is 3.38. The predicted octanol–water partition coefficient (Wildman–Crippen LogP) is 4.93. The van der Waals surface area contributed by atoms with E-state index in [-0.39, 0.29) is 6.54 Å². The molecule has 0 fully saturated rings. The third-order valence-corrected chi connectivity index (χ3v) is 4.84. The largest absolute Gasteiger partial charge is 0.497 e. The molecule has 11 nitrogen and oxygen atoms in total. The minimum Gasteiger partial charge on any atom is -0.497 e. The first kappa shape index (κ1) is 27.1. The Bertz CT molecular complexity index is 1120. The summed E-state index contributed by atoms with van der Waals surface area (Å²) in [5.41, 5.74) is 10.2. The van der Waals surface area contributed by atoms with Crippen molar-refractivity contribution in [1.82, 2.24) is 5.32 Å². The van der Waals surface area contributed by atoms with Crippen LogP contribution in [0, 0.1) is 0 Å². The lowest BCUT2D eigenvalue weighted by Crippen LogP contribution is -2.38. The number of nitrogens with one attached hydrogen (secondary N) is 1. The monoisotopic (exact) mass is 486 g/mol. The van der Waals surface area contributed by atoms with Crippen LogP contribution in [0.3, 0.4) is 0 Å². The molecule has 35 heavy (non-hydrogen) atoms. The molecule has 0 bridgehead atoms. The minimum absolute atomic E-state index is 0.00334. The second-order valence-corrected chi connectivity index (χ2v) is 8.31. The Balaban J connectivity index is 2.71. The summed E-state index contributed by atoms with van der Waals surface area (Å²) in [6.07, 6.45) is -0.781. The molecule has 0 aromatic heterocycles. The van der Waals surface area contributed by atoms with Crippen molar-refractivity contribution in [3.8, 4) is 28.4 Å². The van der Waals surface area contributed by atoms with Crippen molar-refractivity contribution in [2.45, 2.75) is 39.0 Å². The van der Waals surface area contributed by atoms with Crippen LogP contribution in [0.1, 0.15) is 37.9 Å². The van der Waals surface area contributed by atoms with Gasteiger partial charge in [-0.1, -0.05) is 11.2 Å². The number of ether oxygens (including phenoxy) is 5. The van der Waals surface area contributed by atoms with E-state index in [2.05, 4.69) is 15.3 Å². The van der Waals surface area contributed by atoms with Gasteiger partial charge in [-0.2, -0.15) is 0 Å². The van der Waals surface area contributed by atoms with E-state index in [1.165, 1.54) is 28.4 Å². The van der Waals surface area contributed by atoms with Crippen LogP contribution in [0.15, 0.2) is 35.4 Å². The van der Waals surface area contributed by atoms with Crippen LogP contribution < -0.4 is 19.5 Å². The number of benzene rings is 2. The number of hydrogen-bond acceptors (Lipinski definition) is 8. The van der Waals surface area contributed by atoms with Gasteiger partial charge in [-0.3, -0.25) is 0 Å². The molecule has 0 spiro atoms. The standard InChI is InChI=1S/C24H30N4O7/c1-24(2,3)35-23(30)27-21(22(29)34-7)14-8-9-18(32-5)17(11-14)20-15(13-26-28-25)10-16(31-4)12-19(20)33-6/h8-12,21H,13H2,1-7H3,(H,27,30)/t21-/m1/s1. The number of carbonyl (C=O) groups excluding carboxylic acids is 2. The Kier molecular flexibility index (Phi) is 9.18. The zero-order valence-corrected chi connectivity index (χ0v) is 20.9. The van der Waals surface area contributed by atoms with Gasteiger partial charge in [0.1, 0.15) is 22.8 Å². The summed E-state index contributed by atoms with van der Waals surface area (Å²) < 4.78 is 26.7. The highest BCUT2D eigenvalue weighted by Crippen LogP contribution is 2.43. The average molecular weight is 487 g/mol. The van der Waals surface area contributed by atoms with Crippen molar-refractivity contribution in [1.29, 1.82) is 0 Å². The van der Waals surface area contributed by atoms with Gasteiger partial charge in [-0.05, 0) is 55.6 Å². The Hall–Kier alpha value is -4.11. The number of nitrogens with zero attached hydrogens (tertiary/aromatic N) is 3. The molecule has 188 valence electrons. The fraction of sp³-hybridized carbons (Fsp3) is 0.417. The predicted molar refractivity (Wildman–Crippen MR) is 129 cm³/mol. The first-order chi connectivity index (χ1) is 16.6. The number of rotatable bonds is 9. The van der Waals surface area contributed by atoms with E-state index in [0.717, 1.165) is 0 Å². The summed E-state index contributed by atoms with van der Waals surface area (Å²) in [7, 11) is 5.73. The van der Waals surface area contributed by atoms with Crippen molar-refractivity contribution in [2.75, 3.05) is 28.4 Å². The number of hydrogen-bond donors (Lipinski definition) is 1. The average Bonchev–Trinajstić information content (AvgIpc) is 2.83. The lowest BCUT2D eigenvalue weighted by atomic mass is 9.93.